The van der Waals surface area contributed by atoms with E-state index in [0.29, 0.717) is 5.92 Å². The van der Waals surface area contributed by atoms with Gasteiger partial charge in [-0.15, -0.1) is 0 Å². The first-order chi connectivity index (χ1) is 13.4. The van der Waals surface area contributed by atoms with Gasteiger partial charge in [0, 0.05) is 5.92 Å². The number of benzene rings is 2. The van der Waals surface area contributed by atoms with Crippen LogP contribution in [-0.4, -0.2) is 0 Å². The van der Waals surface area contributed by atoms with Crippen molar-refractivity contribution in [2.24, 2.45) is 0 Å². The lowest BCUT2D eigenvalue weighted by molar-refractivity contribution is 0.797. The highest BCUT2D eigenvalue weighted by atomic mass is 14.3. The van der Waals surface area contributed by atoms with Gasteiger partial charge in [-0.05, 0) is 28.7 Å². The van der Waals surface area contributed by atoms with Crippen molar-refractivity contribution in [2.45, 2.75) is 102 Å². The molecule has 0 saturated heterocycles. The summed E-state index contributed by atoms with van der Waals surface area (Å²) in [6, 6.07) is 17.6. The third kappa shape index (κ3) is 10.4. The zero-order valence-electron chi connectivity index (χ0n) is 20.9. The first-order valence-corrected chi connectivity index (χ1v) is 11.6. The standard InChI is InChI=1S/C15H14.6C2H6/c1-2-11-12-7-3-5-9-14(12)15-10-6-4-8-13(11)15;6*1-2/h3-11H,2H2,1H3;6*1-2H3. The van der Waals surface area contributed by atoms with Gasteiger partial charge in [0.1, 0.15) is 0 Å². The highest BCUT2D eigenvalue weighted by Crippen LogP contribution is 2.45. The van der Waals surface area contributed by atoms with Crippen LogP contribution in [-0.2, 0) is 0 Å². The Kier molecular flexibility index (Phi) is 32.6. The van der Waals surface area contributed by atoms with Gasteiger partial charge in [-0.3, -0.25) is 0 Å². The van der Waals surface area contributed by atoms with Crippen LogP contribution in [0.4, 0.5) is 0 Å². The molecule has 158 valence electrons. The minimum Gasteiger partial charge on any atom is -0.0683 e. The summed E-state index contributed by atoms with van der Waals surface area (Å²) in [6.45, 7) is 26.3. The van der Waals surface area contributed by atoms with Gasteiger partial charge in [-0.2, -0.15) is 0 Å². The first kappa shape index (κ1) is 33.1. The van der Waals surface area contributed by atoms with Gasteiger partial charge < -0.3 is 0 Å². The lowest BCUT2D eigenvalue weighted by atomic mass is 9.95. The Morgan fingerprint density at radius 2 is 0.741 bits per heavy atom. The number of hydrogen-bond acceptors (Lipinski definition) is 0. The highest BCUT2D eigenvalue weighted by Gasteiger charge is 2.25. The van der Waals surface area contributed by atoms with Crippen molar-refractivity contribution < 1.29 is 0 Å². The SMILES string of the molecule is CC.CC.CC.CC.CC.CC.CCC1c2ccccc2-c2ccccc21. The molecule has 0 fully saturated rings. The minimum absolute atomic E-state index is 0.609. The molecule has 0 aromatic heterocycles. The van der Waals surface area contributed by atoms with E-state index in [1.807, 2.05) is 83.1 Å². The van der Waals surface area contributed by atoms with Gasteiger partial charge in [0.2, 0.25) is 0 Å². The average Bonchev–Trinajstić information content (AvgIpc) is 3.15. The largest absolute Gasteiger partial charge is 0.0683 e. The van der Waals surface area contributed by atoms with Crippen LogP contribution >= 0.6 is 0 Å². The summed E-state index contributed by atoms with van der Waals surface area (Å²) in [5, 5.41) is 0. The van der Waals surface area contributed by atoms with E-state index in [1.54, 1.807) is 0 Å². The van der Waals surface area contributed by atoms with Gasteiger partial charge in [-0.1, -0.05) is 139 Å². The van der Waals surface area contributed by atoms with Gasteiger partial charge in [0.05, 0.1) is 0 Å². The predicted molar refractivity (Wildman–Crippen MR) is 132 cm³/mol. The van der Waals surface area contributed by atoms with Crippen molar-refractivity contribution in [1.29, 1.82) is 0 Å². The fourth-order valence-corrected chi connectivity index (χ4v) is 2.70. The molecule has 0 radical (unpaired) electrons. The Hall–Kier alpha value is -1.56. The fourth-order valence-electron chi connectivity index (χ4n) is 2.70. The highest BCUT2D eigenvalue weighted by molar-refractivity contribution is 5.78. The van der Waals surface area contributed by atoms with E-state index in [2.05, 4.69) is 55.5 Å². The Morgan fingerprint density at radius 3 is 1.00 bits per heavy atom. The van der Waals surface area contributed by atoms with Crippen LogP contribution in [0.15, 0.2) is 48.5 Å². The molecule has 0 heteroatoms. The molecular formula is C27H50. The predicted octanol–water partition coefficient (Wildman–Crippen LogP) is 10.4. The maximum absolute atomic E-state index is 2.27. The maximum Gasteiger partial charge on any atom is 0.00990 e. The van der Waals surface area contributed by atoms with Crippen molar-refractivity contribution in [2.75, 3.05) is 0 Å². The number of fused-ring (bicyclic) bond motifs is 3. The number of rotatable bonds is 1. The molecule has 0 N–H and O–H groups in total. The summed E-state index contributed by atoms with van der Waals surface area (Å²) in [6.07, 6.45) is 1.19. The molecular weight excluding hydrogens is 324 g/mol. The quantitative estimate of drug-likeness (QED) is 0.465. The summed E-state index contributed by atoms with van der Waals surface area (Å²) < 4.78 is 0. The Morgan fingerprint density at radius 1 is 0.481 bits per heavy atom. The fraction of sp³-hybridized carbons (Fsp3) is 0.556. The second-order valence-electron chi connectivity index (χ2n) is 4.14. The first-order valence-electron chi connectivity index (χ1n) is 11.6. The van der Waals surface area contributed by atoms with E-state index in [0.717, 1.165) is 0 Å². The average molecular weight is 375 g/mol. The second-order valence-corrected chi connectivity index (χ2v) is 4.14. The lowest BCUT2D eigenvalue weighted by Gasteiger charge is -2.09. The lowest BCUT2D eigenvalue weighted by Crippen LogP contribution is -1.93. The summed E-state index contributed by atoms with van der Waals surface area (Å²) in [5.41, 5.74) is 5.86. The van der Waals surface area contributed by atoms with Crippen LogP contribution in [0.2, 0.25) is 0 Å². The molecule has 0 atom stereocenters. The van der Waals surface area contributed by atoms with Crippen molar-refractivity contribution in [3.8, 4) is 11.1 Å². The van der Waals surface area contributed by atoms with Crippen LogP contribution in [0.5, 0.6) is 0 Å². The van der Waals surface area contributed by atoms with Crippen molar-refractivity contribution in [1.82, 2.24) is 0 Å². The molecule has 0 aliphatic heterocycles. The van der Waals surface area contributed by atoms with Gasteiger partial charge >= 0.3 is 0 Å². The van der Waals surface area contributed by atoms with Crippen LogP contribution in [0.25, 0.3) is 11.1 Å². The monoisotopic (exact) mass is 374 g/mol. The molecule has 0 heterocycles. The van der Waals surface area contributed by atoms with Crippen LogP contribution < -0.4 is 0 Å². The van der Waals surface area contributed by atoms with E-state index in [-0.39, 0.29) is 0 Å². The summed E-state index contributed by atoms with van der Waals surface area (Å²) >= 11 is 0. The van der Waals surface area contributed by atoms with Crippen molar-refractivity contribution in [3.05, 3.63) is 59.7 Å². The molecule has 0 amide bonds. The summed E-state index contributed by atoms with van der Waals surface area (Å²) in [4.78, 5) is 0. The maximum atomic E-state index is 2.27. The summed E-state index contributed by atoms with van der Waals surface area (Å²) in [5.74, 6) is 0.609. The topological polar surface area (TPSA) is 0 Å². The van der Waals surface area contributed by atoms with Gasteiger partial charge in [0.25, 0.3) is 0 Å². The van der Waals surface area contributed by atoms with Crippen LogP contribution in [0.1, 0.15) is 113 Å². The zero-order valence-corrected chi connectivity index (χ0v) is 20.9. The van der Waals surface area contributed by atoms with Crippen molar-refractivity contribution >= 4 is 0 Å². The Labute approximate surface area is 173 Å². The van der Waals surface area contributed by atoms with Crippen LogP contribution in [0, 0.1) is 0 Å². The number of hydrogen-bond donors (Lipinski definition) is 0. The molecule has 0 unspecified atom stereocenters. The normalized spacial score (nSPS) is 8.93. The van der Waals surface area contributed by atoms with E-state index in [4.69, 9.17) is 0 Å². The Bertz CT molecular complexity index is 451. The zero-order chi connectivity index (χ0) is 22.3. The smallest absolute Gasteiger partial charge is 0.00990 e. The molecule has 0 nitrogen and oxygen atoms in total. The molecule has 0 spiro atoms. The molecule has 0 saturated carbocycles. The van der Waals surface area contributed by atoms with E-state index < -0.39 is 0 Å². The molecule has 27 heavy (non-hydrogen) atoms. The van der Waals surface area contributed by atoms with E-state index in [1.165, 1.54) is 28.7 Å². The Balaban J connectivity index is -0.000000191. The molecule has 2 aromatic rings. The molecule has 1 aliphatic rings. The second kappa shape index (κ2) is 26.7. The van der Waals surface area contributed by atoms with Gasteiger partial charge in [-0.25, -0.2) is 0 Å². The minimum atomic E-state index is 0.609. The third-order valence-electron chi connectivity index (χ3n) is 3.37. The van der Waals surface area contributed by atoms with Crippen LogP contribution in [0.3, 0.4) is 0 Å². The third-order valence-corrected chi connectivity index (χ3v) is 3.37. The molecule has 3 rings (SSSR count). The molecule has 2 aromatic carbocycles. The van der Waals surface area contributed by atoms with E-state index >= 15 is 0 Å². The van der Waals surface area contributed by atoms with Gasteiger partial charge in [0.15, 0.2) is 0 Å². The van der Waals surface area contributed by atoms with Crippen molar-refractivity contribution in [3.63, 3.8) is 0 Å². The molecule has 1 aliphatic carbocycles. The molecule has 0 bridgehead atoms. The summed E-state index contributed by atoms with van der Waals surface area (Å²) in [7, 11) is 0. The van der Waals surface area contributed by atoms with E-state index in [9.17, 15) is 0 Å².